The molecular weight excluding hydrogens is 300 g/mol. The number of carbonyl (C=O) groups excluding carboxylic acids is 2. The summed E-state index contributed by atoms with van der Waals surface area (Å²) in [6.45, 7) is 6.01. The second-order valence-corrected chi connectivity index (χ2v) is 5.90. The van der Waals surface area contributed by atoms with Crippen LogP contribution in [0.1, 0.15) is 42.6 Å². The predicted octanol–water partition coefficient (Wildman–Crippen LogP) is 4.62. The van der Waals surface area contributed by atoms with E-state index in [1.54, 1.807) is 24.3 Å². The Bertz CT molecular complexity index is 687. The molecule has 4 nitrogen and oxygen atoms in total. The minimum atomic E-state index is -0.170. The highest BCUT2D eigenvalue weighted by Crippen LogP contribution is 2.16. The van der Waals surface area contributed by atoms with Gasteiger partial charge in [0.25, 0.3) is 5.91 Å². The number of nitrogens with one attached hydrogen (secondary N) is 2. The van der Waals surface area contributed by atoms with Crippen LogP contribution in [0.2, 0.25) is 0 Å². The average molecular weight is 324 g/mol. The van der Waals surface area contributed by atoms with Gasteiger partial charge in [0, 0.05) is 22.9 Å². The van der Waals surface area contributed by atoms with Crippen molar-refractivity contribution in [2.75, 3.05) is 10.6 Å². The molecule has 126 valence electrons. The van der Waals surface area contributed by atoms with Crippen molar-refractivity contribution in [3.8, 4) is 0 Å². The van der Waals surface area contributed by atoms with E-state index in [4.69, 9.17) is 0 Å². The van der Waals surface area contributed by atoms with Gasteiger partial charge in [-0.05, 0) is 56.2 Å². The molecule has 2 aromatic rings. The molecule has 0 aliphatic heterocycles. The van der Waals surface area contributed by atoms with Gasteiger partial charge < -0.3 is 10.6 Å². The molecule has 0 spiro atoms. The summed E-state index contributed by atoms with van der Waals surface area (Å²) in [5.41, 5.74) is 3.16. The molecule has 0 saturated carbocycles. The Kier molecular flexibility index (Phi) is 6.13. The van der Waals surface area contributed by atoms with E-state index in [0.29, 0.717) is 11.3 Å². The predicted molar refractivity (Wildman–Crippen MR) is 98.3 cm³/mol. The van der Waals surface area contributed by atoms with E-state index in [9.17, 15) is 9.59 Å². The normalized spacial score (nSPS) is 10.5. The molecule has 0 unspecified atom stereocenters. The van der Waals surface area contributed by atoms with Gasteiger partial charge in [-0.1, -0.05) is 31.5 Å². The van der Waals surface area contributed by atoms with E-state index in [1.165, 1.54) is 0 Å². The second-order valence-electron chi connectivity index (χ2n) is 5.90. The Labute approximate surface area is 143 Å². The number of amides is 2. The van der Waals surface area contributed by atoms with Crippen LogP contribution in [0.15, 0.2) is 48.5 Å². The van der Waals surface area contributed by atoms with Crippen molar-refractivity contribution in [2.24, 2.45) is 5.92 Å². The van der Waals surface area contributed by atoms with Crippen molar-refractivity contribution in [1.82, 2.24) is 0 Å². The van der Waals surface area contributed by atoms with Gasteiger partial charge in [0.2, 0.25) is 5.91 Å². The molecule has 0 atom stereocenters. The Morgan fingerprint density at radius 2 is 1.33 bits per heavy atom. The van der Waals surface area contributed by atoms with Crippen LogP contribution in [0.4, 0.5) is 11.4 Å². The quantitative estimate of drug-likeness (QED) is 0.814. The van der Waals surface area contributed by atoms with Crippen molar-refractivity contribution in [3.63, 3.8) is 0 Å². The zero-order valence-corrected chi connectivity index (χ0v) is 14.4. The average Bonchev–Trinajstić information content (AvgIpc) is 2.58. The zero-order valence-electron chi connectivity index (χ0n) is 14.4. The van der Waals surface area contributed by atoms with Gasteiger partial charge in [0.05, 0.1) is 0 Å². The van der Waals surface area contributed by atoms with Gasteiger partial charge in [0.15, 0.2) is 0 Å². The molecule has 0 aliphatic carbocycles. The molecule has 2 amide bonds. The summed E-state index contributed by atoms with van der Waals surface area (Å²) in [6.07, 6.45) is 1.64. The van der Waals surface area contributed by atoms with Crippen molar-refractivity contribution < 1.29 is 9.59 Å². The summed E-state index contributed by atoms with van der Waals surface area (Å²) in [7, 11) is 0. The van der Waals surface area contributed by atoms with Crippen molar-refractivity contribution in [1.29, 1.82) is 0 Å². The minimum absolute atomic E-state index is 0.0227. The topological polar surface area (TPSA) is 58.2 Å². The molecule has 0 bridgehead atoms. The van der Waals surface area contributed by atoms with E-state index < -0.39 is 0 Å². The number of carbonyl (C=O) groups is 2. The van der Waals surface area contributed by atoms with E-state index in [2.05, 4.69) is 10.6 Å². The van der Waals surface area contributed by atoms with E-state index in [1.807, 2.05) is 45.0 Å². The fourth-order valence-electron chi connectivity index (χ4n) is 2.45. The summed E-state index contributed by atoms with van der Waals surface area (Å²) >= 11 is 0. The van der Waals surface area contributed by atoms with Gasteiger partial charge in [-0.2, -0.15) is 0 Å². The Morgan fingerprint density at radius 3 is 1.88 bits per heavy atom. The molecule has 2 aromatic carbocycles. The Hall–Kier alpha value is -2.62. The van der Waals surface area contributed by atoms with Crippen LogP contribution >= 0.6 is 0 Å². The molecule has 0 radical (unpaired) electrons. The number of aryl methyl sites for hydroxylation is 1. The molecule has 0 saturated heterocycles. The molecule has 2 rings (SSSR count). The maximum Gasteiger partial charge on any atom is 0.255 e. The summed E-state index contributed by atoms with van der Waals surface area (Å²) in [5, 5.41) is 5.75. The maximum absolute atomic E-state index is 12.2. The lowest BCUT2D eigenvalue weighted by molar-refractivity contribution is -0.120. The van der Waals surface area contributed by atoms with Crippen LogP contribution in [0.3, 0.4) is 0 Å². The molecule has 0 heterocycles. The third-order valence-electron chi connectivity index (χ3n) is 4.08. The summed E-state index contributed by atoms with van der Waals surface area (Å²) in [6, 6.07) is 14.6. The Balaban J connectivity index is 1.99. The minimum Gasteiger partial charge on any atom is -0.326 e. The monoisotopic (exact) mass is 324 g/mol. The molecule has 4 heteroatoms. The van der Waals surface area contributed by atoms with Gasteiger partial charge in [-0.3, -0.25) is 9.59 Å². The standard InChI is InChI=1S/C20H24N2O2/c1-4-15(5-2)19(23)21-18-12-8-16(9-13-18)20(24)22-17-10-6-14(3)7-11-17/h6-13,15H,4-5H2,1-3H3,(H,21,23)(H,22,24). The first kappa shape index (κ1) is 17.7. The van der Waals surface area contributed by atoms with Crippen molar-refractivity contribution in [3.05, 3.63) is 59.7 Å². The van der Waals surface area contributed by atoms with Crippen LogP contribution in [-0.2, 0) is 4.79 Å². The fourth-order valence-corrected chi connectivity index (χ4v) is 2.45. The third kappa shape index (κ3) is 4.69. The third-order valence-corrected chi connectivity index (χ3v) is 4.08. The lowest BCUT2D eigenvalue weighted by atomic mass is 10.0. The summed E-state index contributed by atoms with van der Waals surface area (Å²) in [4.78, 5) is 24.3. The van der Waals surface area contributed by atoms with Crippen molar-refractivity contribution in [2.45, 2.75) is 33.6 Å². The number of benzene rings is 2. The zero-order chi connectivity index (χ0) is 17.5. The first-order valence-corrected chi connectivity index (χ1v) is 8.32. The highest BCUT2D eigenvalue weighted by atomic mass is 16.2. The van der Waals surface area contributed by atoms with Crippen LogP contribution in [-0.4, -0.2) is 11.8 Å². The van der Waals surface area contributed by atoms with Gasteiger partial charge in [-0.15, -0.1) is 0 Å². The number of rotatable bonds is 6. The lowest BCUT2D eigenvalue weighted by Gasteiger charge is -2.13. The Morgan fingerprint density at radius 1 is 0.833 bits per heavy atom. The highest BCUT2D eigenvalue weighted by Gasteiger charge is 2.14. The van der Waals surface area contributed by atoms with E-state index in [0.717, 1.165) is 24.1 Å². The number of hydrogen-bond acceptors (Lipinski definition) is 2. The number of hydrogen-bond donors (Lipinski definition) is 2. The molecule has 0 fully saturated rings. The van der Waals surface area contributed by atoms with Crippen LogP contribution < -0.4 is 10.6 Å². The first-order valence-electron chi connectivity index (χ1n) is 8.32. The van der Waals surface area contributed by atoms with Gasteiger partial charge in [-0.25, -0.2) is 0 Å². The first-order chi connectivity index (χ1) is 11.5. The summed E-state index contributed by atoms with van der Waals surface area (Å²) < 4.78 is 0. The molecular formula is C20H24N2O2. The van der Waals surface area contributed by atoms with Gasteiger partial charge >= 0.3 is 0 Å². The lowest BCUT2D eigenvalue weighted by Crippen LogP contribution is -2.21. The van der Waals surface area contributed by atoms with Crippen molar-refractivity contribution >= 4 is 23.2 Å². The van der Waals surface area contributed by atoms with Gasteiger partial charge in [0.1, 0.15) is 0 Å². The fraction of sp³-hybridized carbons (Fsp3) is 0.300. The van der Waals surface area contributed by atoms with Crippen LogP contribution in [0.5, 0.6) is 0 Å². The second kappa shape index (κ2) is 8.29. The van der Waals surface area contributed by atoms with Crippen LogP contribution in [0, 0.1) is 12.8 Å². The SMILES string of the molecule is CCC(CC)C(=O)Nc1ccc(C(=O)Nc2ccc(C)cc2)cc1. The largest absolute Gasteiger partial charge is 0.326 e. The van der Waals surface area contributed by atoms with Crippen LogP contribution in [0.25, 0.3) is 0 Å². The molecule has 24 heavy (non-hydrogen) atoms. The van der Waals surface area contributed by atoms with E-state index in [-0.39, 0.29) is 17.7 Å². The summed E-state index contributed by atoms with van der Waals surface area (Å²) in [5.74, 6) is -0.122. The number of anilines is 2. The molecule has 2 N–H and O–H groups in total. The van der Waals surface area contributed by atoms with E-state index >= 15 is 0 Å². The molecule has 0 aliphatic rings. The smallest absolute Gasteiger partial charge is 0.255 e. The highest BCUT2D eigenvalue weighted by molar-refractivity contribution is 6.04. The maximum atomic E-state index is 12.2. The molecule has 0 aromatic heterocycles.